The van der Waals surface area contributed by atoms with Crippen LogP contribution in [0.1, 0.15) is 42.3 Å². The van der Waals surface area contributed by atoms with Gasteiger partial charge in [0, 0.05) is 6.61 Å². The Balaban J connectivity index is 2.60. The molecular formula is C15H20ClF3O. The van der Waals surface area contributed by atoms with Crippen LogP contribution < -0.4 is 0 Å². The predicted molar refractivity (Wildman–Crippen MR) is 75.3 cm³/mol. The monoisotopic (exact) mass is 308 g/mol. The van der Waals surface area contributed by atoms with Crippen molar-refractivity contribution in [3.63, 3.8) is 0 Å². The Morgan fingerprint density at radius 3 is 2.45 bits per heavy atom. The molecule has 0 spiro atoms. The van der Waals surface area contributed by atoms with Crippen molar-refractivity contribution >= 4 is 11.6 Å². The van der Waals surface area contributed by atoms with Crippen molar-refractivity contribution < 1.29 is 17.9 Å². The number of alkyl halides is 4. The van der Waals surface area contributed by atoms with Crippen LogP contribution >= 0.6 is 11.6 Å². The van der Waals surface area contributed by atoms with Crippen LogP contribution in [0.5, 0.6) is 0 Å². The molecule has 1 unspecified atom stereocenters. The van der Waals surface area contributed by atoms with Crippen molar-refractivity contribution in [3.8, 4) is 0 Å². The first kappa shape index (κ1) is 17.3. The van der Waals surface area contributed by atoms with Crippen molar-refractivity contribution in [2.45, 2.75) is 44.7 Å². The van der Waals surface area contributed by atoms with Crippen molar-refractivity contribution in [2.75, 3.05) is 13.2 Å². The molecule has 0 fully saturated rings. The molecule has 114 valence electrons. The van der Waals surface area contributed by atoms with Crippen LogP contribution in [0.15, 0.2) is 18.2 Å². The Morgan fingerprint density at radius 1 is 1.20 bits per heavy atom. The predicted octanol–water partition coefficient (Wildman–Crippen LogP) is 5.06. The summed E-state index contributed by atoms with van der Waals surface area (Å²) in [4.78, 5) is 0. The van der Waals surface area contributed by atoms with Crippen LogP contribution in [-0.2, 0) is 17.6 Å². The van der Waals surface area contributed by atoms with E-state index in [4.69, 9.17) is 11.6 Å². The van der Waals surface area contributed by atoms with E-state index < -0.39 is 12.8 Å². The van der Waals surface area contributed by atoms with Crippen LogP contribution in [0.4, 0.5) is 13.2 Å². The molecule has 0 radical (unpaired) electrons. The molecule has 0 saturated heterocycles. The van der Waals surface area contributed by atoms with Gasteiger partial charge in [0.1, 0.15) is 6.61 Å². The number of rotatable bonds is 7. The second kappa shape index (κ2) is 7.89. The zero-order valence-corrected chi connectivity index (χ0v) is 12.5. The van der Waals surface area contributed by atoms with Crippen molar-refractivity contribution in [3.05, 3.63) is 34.9 Å². The summed E-state index contributed by atoms with van der Waals surface area (Å²) in [6.07, 6.45) is -2.15. The summed E-state index contributed by atoms with van der Waals surface area (Å²) >= 11 is 6.31. The molecule has 0 aliphatic rings. The van der Waals surface area contributed by atoms with Crippen LogP contribution in [0.3, 0.4) is 0 Å². The minimum absolute atomic E-state index is 0.00713. The van der Waals surface area contributed by atoms with E-state index in [0.29, 0.717) is 6.42 Å². The van der Waals surface area contributed by atoms with Crippen LogP contribution in [0.2, 0.25) is 0 Å². The Hall–Kier alpha value is -0.740. The van der Waals surface area contributed by atoms with E-state index in [9.17, 15) is 13.2 Å². The molecular weight excluding hydrogens is 289 g/mol. The average Bonchev–Trinajstić information content (AvgIpc) is 2.41. The Bertz CT molecular complexity index is 418. The fourth-order valence-electron chi connectivity index (χ4n) is 2.01. The summed E-state index contributed by atoms with van der Waals surface area (Å²) in [5.41, 5.74) is 3.32. The molecule has 0 aliphatic carbocycles. The van der Waals surface area contributed by atoms with Crippen molar-refractivity contribution in [1.29, 1.82) is 0 Å². The maximum Gasteiger partial charge on any atom is 0.411 e. The number of hydrogen-bond acceptors (Lipinski definition) is 1. The third kappa shape index (κ3) is 5.71. The maximum atomic E-state index is 12.0. The fourth-order valence-corrected chi connectivity index (χ4v) is 2.30. The summed E-state index contributed by atoms with van der Waals surface area (Å²) in [5, 5.41) is -0.315. The van der Waals surface area contributed by atoms with Gasteiger partial charge < -0.3 is 4.74 Å². The lowest BCUT2D eigenvalue weighted by molar-refractivity contribution is -0.174. The highest BCUT2D eigenvalue weighted by Crippen LogP contribution is 2.29. The van der Waals surface area contributed by atoms with Crippen LogP contribution in [-0.4, -0.2) is 19.4 Å². The van der Waals surface area contributed by atoms with Crippen LogP contribution in [0.25, 0.3) is 0 Å². The molecule has 0 N–H and O–H groups in total. The first-order valence-electron chi connectivity index (χ1n) is 6.77. The number of hydrogen-bond donors (Lipinski definition) is 0. The third-order valence-electron chi connectivity index (χ3n) is 3.12. The highest BCUT2D eigenvalue weighted by molar-refractivity contribution is 6.20. The number of aryl methyl sites for hydroxylation is 2. The number of halogens is 4. The highest BCUT2D eigenvalue weighted by atomic mass is 35.5. The summed E-state index contributed by atoms with van der Waals surface area (Å²) < 4.78 is 40.5. The van der Waals surface area contributed by atoms with E-state index in [0.717, 1.165) is 24.0 Å². The SMILES string of the molecule is CCc1ccc(CC)c(C(Cl)CCOCC(F)(F)F)c1. The van der Waals surface area contributed by atoms with Gasteiger partial charge in [-0.15, -0.1) is 11.6 Å². The Morgan fingerprint density at radius 2 is 1.90 bits per heavy atom. The fraction of sp³-hybridized carbons (Fsp3) is 0.600. The molecule has 1 atom stereocenters. The zero-order valence-electron chi connectivity index (χ0n) is 11.8. The third-order valence-corrected chi connectivity index (χ3v) is 3.57. The molecule has 0 bridgehead atoms. The second-order valence-corrected chi connectivity index (χ2v) is 5.19. The van der Waals surface area contributed by atoms with Gasteiger partial charge in [0.05, 0.1) is 5.38 Å². The van der Waals surface area contributed by atoms with Gasteiger partial charge in [0.15, 0.2) is 0 Å². The van der Waals surface area contributed by atoms with E-state index in [1.165, 1.54) is 5.56 Å². The smallest absolute Gasteiger partial charge is 0.372 e. The number of benzene rings is 1. The lowest BCUT2D eigenvalue weighted by Gasteiger charge is -2.16. The summed E-state index contributed by atoms with van der Waals surface area (Å²) in [6.45, 7) is 2.88. The van der Waals surface area contributed by atoms with Gasteiger partial charge in [-0.3, -0.25) is 0 Å². The van der Waals surface area contributed by atoms with E-state index in [2.05, 4.69) is 17.7 Å². The molecule has 0 aromatic heterocycles. The van der Waals surface area contributed by atoms with Crippen molar-refractivity contribution in [1.82, 2.24) is 0 Å². The first-order valence-corrected chi connectivity index (χ1v) is 7.21. The number of ether oxygens (including phenoxy) is 1. The normalized spacial score (nSPS) is 13.5. The van der Waals surface area contributed by atoms with E-state index in [1.807, 2.05) is 19.1 Å². The van der Waals surface area contributed by atoms with Gasteiger partial charge in [0.2, 0.25) is 0 Å². The quantitative estimate of drug-likeness (QED) is 0.505. The molecule has 0 saturated carbocycles. The standard InChI is InChI=1S/C15H20ClF3O/c1-3-11-5-6-12(4-2)13(9-11)14(16)7-8-20-10-15(17,18)19/h5-6,9,14H,3-4,7-8,10H2,1-2H3. The van der Waals surface area contributed by atoms with Gasteiger partial charge in [-0.2, -0.15) is 13.2 Å². The topological polar surface area (TPSA) is 9.23 Å². The first-order chi connectivity index (χ1) is 9.37. The maximum absolute atomic E-state index is 12.0. The van der Waals surface area contributed by atoms with Gasteiger partial charge in [-0.1, -0.05) is 32.0 Å². The van der Waals surface area contributed by atoms with Gasteiger partial charge in [0.25, 0.3) is 0 Å². The molecule has 5 heteroatoms. The lowest BCUT2D eigenvalue weighted by Crippen LogP contribution is -2.17. The summed E-state index contributed by atoms with van der Waals surface area (Å²) in [6, 6.07) is 6.15. The van der Waals surface area contributed by atoms with E-state index in [1.54, 1.807) is 0 Å². The largest absolute Gasteiger partial charge is 0.411 e. The Kier molecular flexibility index (Phi) is 6.83. The van der Waals surface area contributed by atoms with Gasteiger partial charge >= 0.3 is 6.18 Å². The lowest BCUT2D eigenvalue weighted by atomic mass is 9.97. The van der Waals surface area contributed by atoms with Crippen LogP contribution in [0, 0.1) is 0 Å². The minimum atomic E-state index is -4.28. The molecule has 1 aromatic carbocycles. The molecule has 20 heavy (non-hydrogen) atoms. The molecule has 0 amide bonds. The van der Waals surface area contributed by atoms with Crippen molar-refractivity contribution in [2.24, 2.45) is 0 Å². The molecule has 0 heterocycles. The van der Waals surface area contributed by atoms with E-state index >= 15 is 0 Å². The molecule has 1 nitrogen and oxygen atoms in total. The zero-order chi connectivity index (χ0) is 15.2. The highest BCUT2D eigenvalue weighted by Gasteiger charge is 2.27. The average molecular weight is 309 g/mol. The van der Waals surface area contributed by atoms with Gasteiger partial charge in [-0.05, 0) is 36.0 Å². The van der Waals surface area contributed by atoms with Gasteiger partial charge in [-0.25, -0.2) is 0 Å². The molecule has 1 aromatic rings. The second-order valence-electron chi connectivity index (χ2n) is 4.66. The summed E-state index contributed by atoms with van der Waals surface area (Å²) in [5.74, 6) is 0. The Labute approximate surface area is 123 Å². The summed E-state index contributed by atoms with van der Waals surface area (Å²) in [7, 11) is 0. The van der Waals surface area contributed by atoms with E-state index in [-0.39, 0.29) is 12.0 Å². The molecule has 0 aliphatic heterocycles. The molecule has 1 rings (SSSR count). The minimum Gasteiger partial charge on any atom is -0.372 e.